The van der Waals surface area contributed by atoms with Crippen molar-refractivity contribution in [2.75, 3.05) is 0 Å². The summed E-state index contributed by atoms with van der Waals surface area (Å²) in [5.41, 5.74) is 3.71. The SMILES string of the molecule is O=C(Cc1c[nH]c2ccc(O)nc12)NC(Cc1cc(F)cc(F)c1)c1nccnc1-c1ccc(Cl)cc1. The molecule has 0 bridgehead atoms. The largest absolute Gasteiger partial charge is 0.493 e. The van der Waals surface area contributed by atoms with Gasteiger partial charge in [0.1, 0.15) is 11.6 Å². The normalized spacial score (nSPS) is 12.0. The van der Waals surface area contributed by atoms with Gasteiger partial charge in [0.15, 0.2) is 0 Å². The molecule has 0 fully saturated rings. The van der Waals surface area contributed by atoms with E-state index in [2.05, 4.69) is 25.3 Å². The monoisotopic (exact) mass is 519 g/mol. The Morgan fingerprint density at radius 3 is 2.51 bits per heavy atom. The summed E-state index contributed by atoms with van der Waals surface area (Å²) in [5.74, 6) is -1.98. The number of carbonyl (C=O) groups excluding carboxylic acids is 1. The average molecular weight is 520 g/mol. The van der Waals surface area contributed by atoms with Crippen molar-refractivity contribution < 1.29 is 18.7 Å². The van der Waals surface area contributed by atoms with Gasteiger partial charge in [0.2, 0.25) is 11.8 Å². The summed E-state index contributed by atoms with van der Waals surface area (Å²) in [6.07, 6.45) is 4.67. The van der Waals surface area contributed by atoms with E-state index in [4.69, 9.17) is 11.6 Å². The third-order valence-electron chi connectivity index (χ3n) is 5.81. The van der Waals surface area contributed by atoms with Gasteiger partial charge in [0.25, 0.3) is 0 Å². The Hall–Kier alpha value is -4.37. The van der Waals surface area contributed by atoms with E-state index in [1.807, 2.05) is 0 Å². The molecule has 37 heavy (non-hydrogen) atoms. The van der Waals surface area contributed by atoms with Gasteiger partial charge in [0, 0.05) is 46.9 Å². The number of hydrogen-bond donors (Lipinski definition) is 3. The predicted octanol–water partition coefficient (Wildman–Crippen LogP) is 5.30. The number of amides is 1. The van der Waals surface area contributed by atoms with Crippen molar-refractivity contribution in [3.05, 3.63) is 107 Å². The minimum atomic E-state index is -0.764. The maximum absolute atomic E-state index is 14.0. The molecule has 5 rings (SSSR count). The van der Waals surface area contributed by atoms with Crippen molar-refractivity contribution >= 4 is 28.5 Å². The topological polar surface area (TPSA) is 104 Å². The lowest BCUT2D eigenvalue weighted by atomic mass is 9.98. The summed E-state index contributed by atoms with van der Waals surface area (Å²) in [7, 11) is 0. The van der Waals surface area contributed by atoms with Crippen LogP contribution in [0.25, 0.3) is 22.3 Å². The van der Waals surface area contributed by atoms with Crippen LogP contribution in [0.2, 0.25) is 5.02 Å². The van der Waals surface area contributed by atoms with Gasteiger partial charge in [0.05, 0.1) is 34.9 Å². The van der Waals surface area contributed by atoms with Crippen molar-refractivity contribution in [1.82, 2.24) is 25.3 Å². The maximum Gasteiger partial charge on any atom is 0.225 e. The molecule has 1 unspecified atom stereocenters. The van der Waals surface area contributed by atoms with Crippen molar-refractivity contribution in [3.8, 4) is 17.1 Å². The summed E-state index contributed by atoms with van der Waals surface area (Å²) in [4.78, 5) is 29.3. The molecule has 3 N–H and O–H groups in total. The highest BCUT2D eigenvalue weighted by Crippen LogP contribution is 2.29. The number of nitrogens with one attached hydrogen (secondary N) is 2. The Morgan fingerprint density at radius 2 is 1.76 bits per heavy atom. The predicted molar refractivity (Wildman–Crippen MR) is 135 cm³/mol. The van der Waals surface area contributed by atoms with Crippen LogP contribution in [-0.2, 0) is 17.6 Å². The van der Waals surface area contributed by atoms with Crippen molar-refractivity contribution in [2.45, 2.75) is 18.9 Å². The van der Waals surface area contributed by atoms with Gasteiger partial charge in [-0.05, 0) is 42.3 Å². The minimum Gasteiger partial charge on any atom is -0.493 e. The third kappa shape index (κ3) is 5.57. The van der Waals surface area contributed by atoms with Crippen LogP contribution in [0.15, 0.2) is 73.2 Å². The molecule has 0 radical (unpaired) electrons. The molecule has 1 atom stereocenters. The van der Waals surface area contributed by atoms with E-state index in [1.54, 1.807) is 36.5 Å². The van der Waals surface area contributed by atoms with E-state index >= 15 is 0 Å². The first-order chi connectivity index (χ1) is 17.9. The van der Waals surface area contributed by atoms with E-state index in [-0.39, 0.29) is 24.6 Å². The molecule has 10 heteroatoms. The van der Waals surface area contributed by atoms with Gasteiger partial charge in [-0.1, -0.05) is 23.7 Å². The van der Waals surface area contributed by atoms with Gasteiger partial charge in [-0.15, -0.1) is 0 Å². The third-order valence-corrected chi connectivity index (χ3v) is 6.06. The molecule has 0 aliphatic rings. The minimum absolute atomic E-state index is 0.0546. The zero-order valence-electron chi connectivity index (χ0n) is 19.3. The van der Waals surface area contributed by atoms with Gasteiger partial charge < -0.3 is 15.4 Å². The molecule has 5 aromatic rings. The van der Waals surface area contributed by atoms with Crippen LogP contribution in [0.4, 0.5) is 8.78 Å². The fourth-order valence-electron chi connectivity index (χ4n) is 4.21. The summed E-state index contributed by atoms with van der Waals surface area (Å²) in [5, 5.41) is 13.2. The number of carbonyl (C=O) groups is 1. The molecule has 7 nitrogen and oxygen atoms in total. The van der Waals surface area contributed by atoms with Crippen LogP contribution in [0.1, 0.15) is 22.9 Å². The van der Waals surface area contributed by atoms with E-state index < -0.39 is 17.7 Å². The van der Waals surface area contributed by atoms with Crippen LogP contribution in [0.3, 0.4) is 0 Å². The van der Waals surface area contributed by atoms with E-state index in [1.165, 1.54) is 30.6 Å². The Morgan fingerprint density at radius 1 is 1.03 bits per heavy atom. The van der Waals surface area contributed by atoms with Crippen LogP contribution < -0.4 is 5.32 Å². The van der Waals surface area contributed by atoms with Gasteiger partial charge in [-0.2, -0.15) is 0 Å². The lowest BCUT2D eigenvalue weighted by molar-refractivity contribution is -0.121. The quantitative estimate of drug-likeness (QED) is 0.271. The standard InChI is InChI=1S/C27H20ClF2N5O2/c28-18-3-1-16(2-4-18)26-27(32-8-7-31-26)22(11-15-9-19(29)13-20(30)10-15)34-24(37)12-17-14-33-21-5-6-23(36)35-25(17)21/h1-10,13-14,22,33H,11-12H2,(H,34,37)(H,35,36). The first kappa shape index (κ1) is 24.3. The number of aromatic nitrogens is 4. The molecular formula is C27H20ClF2N5O2. The molecule has 3 heterocycles. The second-order valence-electron chi connectivity index (χ2n) is 8.46. The first-order valence-corrected chi connectivity index (χ1v) is 11.7. The second-order valence-corrected chi connectivity index (χ2v) is 8.89. The molecule has 0 aliphatic carbocycles. The number of hydrogen-bond acceptors (Lipinski definition) is 5. The highest BCUT2D eigenvalue weighted by atomic mass is 35.5. The molecule has 3 aromatic heterocycles. The van der Waals surface area contributed by atoms with Crippen molar-refractivity contribution in [2.24, 2.45) is 0 Å². The van der Waals surface area contributed by atoms with Crippen LogP contribution in [0, 0.1) is 11.6 Å². The van der Waals surface area contributed by atoms with Gasteiger partial charge in [-0.3, -0.25) is 14.8 Å². The Labute approximate surface area is 215 Å². The summed E-state index contributed by atoms with van der Waals surface area (Å²) < 4.78 is 27.9. The zero-order chi connectivity index (χ0) is 25.9. The molecule has 0 saturated heterocycles. The lowest BCUT2D eigenvalue weighted by Gasteiger charge is -2.21. The van der Waals surface area contributed by atoms with Crippen LogP contribution in [0.5, 0.6) is 5.88 Å². The number of rotatable bonds is 7. The number of aromatic amines is 1. The lowest BCUT2D eigenvalue weighted by Crippen LogP contribution is -2.32. The fourth-order valence-corrected chi connectivity index (χ4v) is 4.34. The van der Waals surface area contributed by atoms with Crippen LogP contribution in [-0.4, -0.2) is 30.9 Å². The molecule has 0 spiro atoms. The first-order valence-electron chi connectivity index (χ1n) is 11.3. The average Bonchev–Trinajstić information content (AvgIpc) is 3.25. The van der Waals surface area contributed by atoms with Crippen molar-refractivity contribution in [1.29, 1.82) is 0 Å². The Balaban J connectivity index is 1.49. The van der Waals surface area contributed by atoms with Crippen LogP contribution >= 0.6 is 11.6 Å². The Bertz CT molecular complexity index is 1570. The number of benzene rings is 2. The van der Waals surface area contributed by atoms with E-state index in [0.717, 1.165) is 6.07 Å². The molecule has 0 aliphatic heterocycles. The highest BCUT2D eigenvalue weighted by Gasteiger charge is 2.23. The van der Waals surface area contributed by atoms with E-state index in [0.29, 0.717) is 44.1 Å². The maximum atomic E-state index is 14.0. The molecule has 0 saturated carbocycles. The second kappa shape index (κ2) is 10.3. The molecule has 186 valence electrons. The molecule has 2 aromatic carbocycles. The number of fused-ring (bicyclic) bond motifs is 1. The summed E-state index contributed by atoms with van der Waals surface area (Å²) >= 11 is 6.04. The number of halogens is 3. The molecular weight excluding hydrogens is 500 g/mol. The number of aromatic hydroxyl groups is 1. The molecule has 1 amide bonds. The highest BCUT2D eigenvalue weighted by molar-refractivity contribution is 6.30. The smallest absolute Gasteiger partial charge is 0.225 e. The van der Waals surface area contributed by atoms with Crippen molar-refractivity contribution in [3.63, 3.8) is 0 Å². The number of H-pyrrole nitrogens is 1. The summed E-state index contributed by atoms with van der Waals surface area (Å²) in [6.45, 7) is 0. The van der Waals surface area contributed by atoms with Gasteiger partial charge >= 0.3 is 0 Å². The number of nitrogens with zero attached hydrogens (tertiary/aromatic N) is 3. The summed E-state index contributed by atoms with van der Waals surface area (Å²) in [6, 6.07) is 12.6. The van der Waals surface area contributed by atoms with Gasteiger partial charge in [-0.25, -0.2) is 13.8 Å². The number of pyridine rings is 1. The Kier molecular flexibility index (Phi) is 6.78. The van der Waals surface area contributed by atoms with E-state index in [9.17, 15) is 18.7 Å². The fraction of sp³-hybridized carbons (Fsp3) is 0.111. The zero-order valence-corrected chi connectivity index (χ0v) is 20.0.